The van der Waals surface area contributed by atoms with E-state index < -0.39 is 0 Å². The molecule has 0 heterocycles. The smallest absolute Gasteiger partial charge is 0.123 e. The van der Waals surface area contributed by atoms with Gasteiger partial charge in [-0.1, -0.05) is 25.7 Å². The molecule has 0 bridgehead atoms. The van der Waals surface area contributed by atoms with Crippen LogP contribution in [0.1, 0.15) is 44.1 Å². The Balaban J connectivity index is 0.00000200. The predicted molar refractivity (Wildman–Crippen MR) is 85.1 cm³/mol. The molecule has 2 rings (SSSR count). The molecule has 3 nitrogen and oxygen atoms in total. The van der Waals surface area contributed by atoms with Crippen LogP contribution in [0.5, 0.6) is 11.5 Å². The summed E-state index contributed by atoms with van der Waals surface area (Å²) < 4.78 is 10.7. The van der Waals surface area contributed by atoms with Crippen LogP contribution in [0.4, 0.5) is 0 Å². The van der Waals surface area contributed by atoms with Crippen molar-refractivity contribution in [2.75, 3.05) is 14.2 Å². The minimum atomic E-state index is 0. The normalized spacial score (nSPS) is 16.1. The van der Waals surface area contributed by atoms with Crippen LogP contribution in [0.2, 0.25) is 0 Å². The van der Waals surface area contributed by atoms with E-state index in [4.69, 9.17) is 9.47 Å². The summed E-state index contributed by atoms with van der Waals surface area (Å²) in [6.07, 6.45) is 8.08. The van der Waals surface area contributed by atoms with Gasteiger partial charge in [-0.15, -0.1) is 12.4 Å². The second-order valence-corrected chi connectivity index (χ2v) is 5.25. The van der Waals surface area contributed by atoms with Crippen LogP contribution in [0.3, 0.4) is 0 Å². The fourth-order valence-corrected chi connectivity index (χ4v) is 2.76. The molecule has 114 valence electrons. The standard InChI is InChI=1S/C16H25NO2.ClH/c1-18-15-9-10-16(19-2)13(11-15)12-17-14-7-5-3-4-6-8-14;/h9-11,14,17H,3-8,12H2,1-2H3;1H. The Kier molecular flexibility index (Phi) is 7.78. The Bertz CT molecular complexity index is 390. The van der Waals surface area contributed by atoms with Crippen LogP contribution >= 0.6 is 12.4 Å². The summed E-state index contributed by atoms with van der Waals surface area (Å²) >= 11 is 0. The molecule has 0 saturated heterocycles. The van der Waals surface area contributed by atoms with Gasteiger partial charge in [0, 0.05) is 18.2 Å². The lowest BCUT2D eigenvalue weighted by Crippen LogP contribution is -2.28. The topological polar surface area (TPSA) is 30.5 Å². The van der Waals surface area contributed by atoms with Gasteiger partial charge in [-0.2, -0.15) is 0 Å². The van der Waals surface area contributed by atoms with Crippen LogP contribution in [-0.2, 0) is 6.54 Å². The third-order valence-electron chi connectivity index (χ3n) is 3.92. The third-order valence-corrected chi connectivity index (χ3v) is 3.92. The van der Waals surface area contributed by atoms with Crippen molar-refractivity contribution in [3.8, 4) is 11.5 Å². The van der Waals surface area contributed by atoms with Gasteiger partial charge in [0.25, 0.3) is 0 Å². The first-order valence-electron chi connectivity index (χ1n) is 7.28. The summed E-state index contributed by atoms with van der Waals surface area (Å²) in [7, 11) is 3.42. The molecule has 0 aromatic heterocycles. The van der Waals surface area contributed by atoms with E-state index in [0.29, 0.717) is 6.04 Å². The lowest BCUT2D eigenvalue weighted by atomic mass is 10.1. The summed E-state index contributed by atoms with van der Waals surface area (Å²) in [6, 6.07) is 6.62. The molecule has 0 aliphatic heterocycles. The van der Waals surface area contributed by atoms with Crippen molar-refractivity contribution in [3.05, 3.63) is 23.8 Å². The number of halogens is 1. The molecule has 0 amide bonds. The second kappa shape index (κ2) is 9.09. The highest BCUT2D eigenvalue weighted by molar-refractivity contribution is 5.85. The lowest BCUT2D eigenvalue weighted by molar-refractivity contribution is 0.392. The summed E-state index contributed by atoms with van der Waals surface area (Å²) in [6.45, 7) is 0.852. The molecular weight excluding hydrogens is 274 g/mol. The molecule has 1 aromatic carbocycles. The van der Waals surface area contributed by atoms with Gasteiger partial charge >= 0.3 is 0 Å². The van der Waals surface area contributed by atoms with Crippen molar-refractivity contribution in [1.82, 2.24) is 5.32 Å². The van der Waals surface area contributed by atoms with Crippen LogP contribution in [-0.4, -0.2) is 20.3 Å². The number of hydrogen-bond donors (Lipinski definition) is 1. The van der Waals surface area contributed by atoms with Crippen molar-refractivity contribution in [1.29, 1.82) is 0 Å². The van der Waals surface area contributed by atoms with Crippen LogP contribution in [0, 0.1) is 0 Å². The first-order valence-corrected chi connectivity index (χ1v) is 7.28. The second-order valence-electron chi connectivity index (χ2n) is 5.25. The molecule has 0 spiro atoms. The Morgan fingerprint density at radius 2 is 1.75 bits per heavy atom. The number of nitrogens with one attached hydrogen (secondary N) is 1. The number of hydrogen-bond acceptors (Lipinski definition) is 3. The maximum absolute atomic E-state index is 5.41. The summed E-state index contributed by atoms with van der Waals surface area (Å²) in [5, 5.41) is 3.67. The van der Waals surface area contributed by atoms with E-state index in [0.717, 1.165) is 18.0 Å². The van der Waals surface area contributed by atoms with Gasteiger partial charge in [0.2, 0.25) is 0 Å². The quantitative estimate of drug-likeness (QED) is 0.836. The number of rotatable bonds is 5. The minimum absolute atomic E-state index is 0. The van der Waals surface area contributed by atoms with Crippen LogP contribution in [0.25, 0.3) is 0 Å². The van der Waals surface area contributed by atoms with Gasteiger partial charge < -0.3 is 14.8 Å². The van der Waals surface area contributed by atoms with Gasteiger partial charge in [-0.25, -0.2) is 0 Å². The first kappa shape index (κ1) is 17.1. The van der Waals surface area contributed by atoms with Crippen molar-refractivity contribution in [3.63, 3.8) is 0 Å². The maximum atomic E-state index is 5.41. The predicted octanol–water partition coefficient (Wildman–Crippen LogP) is 3.94. The van der Waals surface area contributed by atoms with Gasteiger partial charge in [0.1, 0.15) is 11.5 Å². The van der Waals surface area contributed by atoms with Gasteiger partial charge in [-0.05, 0) is 31.0 Å². The summed E-state index contributed by atoms with van der Waals surface area (Å²) in [5.41, 5.74) is 1.17. The van der Waals surface area contributed by atoms with Gasteiger partial charge in [0.15, 0.2) is 0 Å². The number of ether oxygens (including phenoxy) is 2. The fourth-order valence-electron chi connectivity index (χ4n) is 2.76. The number of benzene rings is 1. The summed E-state index contributed by atoms with van der Waals surface area (Å²) in [4.78, 5) is 0. The van der Waals surface area contributed by atoms with E-state index in [2.05, 4.69) is 11.4 Å². The van der Waals surface area contributed by atoms with E-state index in [1.165, 1.54) is 44.1 Å². The van der Waals surface area contributed by atoms with Gasteiger partial charge in [-0.3, -0.25) is 0 Å². The van der Waals surface area contributed by atoms with E-state index >= 15 is 0 Å². The average Bonchev–Trinajstić information content (AvgIpc) is 2.73. The summed E-state index contributed by atoms with van der Waals surface area (Å²) in [5.74, 6) is 1.82. The average molecular weight is 300 g/mol. The highest BCUT2D eigenvalue weighted by Crippen LogP contribution is 2.24. The Labute approximate surface area is 128 Å². The molecule has 4 heteroatoms. The van der Waals surface area contributed by atoms with Crippen molar-refractivity contribution < 1.29 is 9.47 Å². The molecule has 0 atom stereocenters. The Morgan fingerprint density at radius 3 is 2.35 bits per heavy atom. The molecule has 0 unspecified atom stereocenters. The molecule has 1 aliphatic carbocycles. The number of methoxy groups -OCH3 is 2. The molecular formula is C16H26ClNO2. The maximum Gasteiger partial charge on any atom is 0.123 e. The SMILES string of the molecule is COc1ccc(OC)c(CNC2CCCCCC2)c1.Cl. The van der Waals surface area contributed by atoms with Crippen molar-refractivity contribution >= 4 is 12.4 Å². The zero-order chi connectivity index (χ0) is 13.5. The minimum Gasteiger partial charge on any atom is -0.497 e. The molecule has 0 radical (unpaired) electrons. The van der Waals surface area contributed by atoms with E-state index in [9.17, 15) is 0 Å². The lowest BCUT2D eigenvalue weighted by Gasteiger charge is -2.18. The zero-order valence-corrected chi connectivity index (χ0v) is 13.3. The largest absolute Gasteiger partial charge is 0.497 e. The first-order chi connectivity index (χ1) is 9.33. The van der Waals surface area contributed by atoms with Crippen molar-refractivity contribution in [2.24, 2.45) is 0 Å². The van der Waals surface area contributed by atoms with E-state index in [1.54, 1.807) is 14.2 Å². The molecule has 20 heavy (non-hydrogen) atoms. The van der Waals surface area contributed by atoms with Gasteiger partial charge in [0.05, 0.1) is 14.2 Å². The Hall–Kier alpha value is -0.930. The third kappa shape index (κ3) is 4.88. The molecule has 1 aromatic rings. The van der Waals surface area contributed by atoms with Crippen LogP contribution < -0.4 is 14.8 Å². The highest BCUT2D eigenvalue weighted by atomic mass is 35.5. The fraction of sp³-hybridized carbons (Fsp3) is 0.625. The monoisotopic (exact) mass is 299 g/mol. The van der Waals surface area contributed by atoms with Crippen molar-refractivity contribution in [2.45, 2.75) is 51.1 Å². The zero-order valence-electron chi connectivity index (χ0n) is 12.5. The van der Waals surface area contributed by atoms with E-state index in [-0.39, 0.29) is 12.4 Å². The molecule has 1 N–H and O–H groups in total. The van der Waals surface area contributed by atoms with E-state index in [1.807, 2.05) is 12.1 Å². The molecule has 1 saturated carbocycles. The highest BCUT2D eigenvalue weighted by Gasteiger charge is 2.13. The van der Waals surface area contributed by atoms with Crippen LogP contribution in [0.15, 0.2) is 18.2 Å². The Morgan fingerprint density at radius 1 is 1.05 bits per heavy atom. The molecule has 1 fully saturated rings. The molecule has 1 aliphatic rings.